The fourth-order valence-corrected chi connectivity index (χ4v) is 2.50. The van der Waals surface area contributed by atoms with Crippen molar-refractivity contribution in [2.75, 3.05) is 13.1 Å². The van der Waals surface area contributed by atoms with Crippen LogP contribution in [0.3, 0.4) is 0 Å². The van der Waals surface area contributed by atoms with Crippen LogP contribution in [0.25, 0.3) is 6.08 Å². The molecule has 1 fully saturated rings. The molecule has 3 nitrogen and oxygen atoms in total. The Hall–Kier alpha value is -1.91. The van der Waals surface area contributed by atoms with Crippen LogP contribution in [0.15, 0.2) is 24.3 Å². The molecule has 0 spiro atoms. The van der Waals surface area contributed by atoms with Gasteiger partial charge in [0.1, 0.15) is 17.2 Å². The van der Waals surface area contributed by atoms with Crippen molar-refractivity contribution in [1.82, 2.24) is 4.90 Å². The van der Waals surface area contributed by atoms with E-state index >= 15 is 0 Å². The quantitative estimate of drug-likeness (QED) is 0.794. The van der Waals surface area contributed by atoms with E-state index in [1.807, 2.05) is 26.8 Å². The van der Waals surface area contributed by atoms with E-state index in [2.05, 4.69) is 0 Å². The maximum atomic E-state index is 13.6. The van der Waals surface area contributed by atoms with Crippen LogP contribution in [0.4, 0.5) is 13.6 Å². The number of benzene rings is 1. The molecular formula is C18H23F2NO2. The first-order valence-corrected chi connectivity index (χ1v) is 7.86. The van der Waals surface area contributed by atoms with Crippen LogP contribution in [0, 0.1) is 17.6 Å². The molecule has 1 aromatic carbocycles. The van der Waals surface area contributed by atoms with Gasteiger partial charge >= 0.3 is 6.09 Å². The van der Waals surface area contributed by atoms with Gasteiger partial charge < -0.3 is 9.64 Å². The second kappa shape index (κ2) is 7.11. The number of allylic oxidation sites excluding steroid dienone is 1. The molecule has 0 aliphatic carbocycles. The molecule has 1 heterocycles. The van der Waals surface area contributed by atoms with Crippen molar-refractivity contribution in [3.63, 3.8) is 0 Å². The van der Waals surface area contributed by atoms with Gasteiger partial charge in [-0.25, -0.2) is 13.6 Å². The molecule has 0 bridgehead atoms. The molecule has 0 N–H and O–H groups in total. The number of carbonyl (C=O) groups excluding carboxylic acids is 1. The van der Waals surface area contributed by atoms with Crippen molar-refractivity contribution in [3.05, 3.63) is 41.5 Å². The van der Waals surface area contributed by atoms with Crippen molar-refractivity contribution in [2.45, 2.75) is 39.2 Å². The standard InChI is InChI=1S/C18H23F2NO2/c1-18(2,3)23-17(22)21-11-9-13(10-12-21)7-8-14-15(19)5-4-6-16(14)20/h4-8,13H,9-12H2,1-3H3/b8-7+. The summed E-state index contributed by atoms with van der Waals surface area (Å²) in [7, 11) is 0. The second-order valence-electron chi connectivity index (χ2n) is 6.80. The largest absolute Gasteiger partial charge is 0.444 e. The second-order valence-corrected chi connectivity index (χ2v) is 6.80. The van der Waals surface area contributed by atoms with Crippen molar-refractivity contribution in [2.24, 2.45) is 5.92 Å². The number of ether oxygens (including phenoxy) is 1. The van der Waals surface area contributed by atoms with E-state index in [4.69, 9.17) is 4.74 Å². The van der Waals surface area contributed by atoms with Crippen molar-refractivity contribution < 1.29 is 18.3 Å². The number of hydrogen-bond acceptors (Lipinski definition) is 2. The third-order valence-corrected chi connectivity index (χ3v) is 3.73. The van der Waals surface area contributed by atoms with Gasteiger partial charge in [-0.15, -0.1) is 0 Å². The maximum Gasteiger partial charge on any atom is 0.410 e. The van der Waals surface area contributed by atoms with Gasteiger partial charge in [0.25, 0.3) is 0 Å². The molecule has 23 heavy (non-hydrogen) atoms. The lowest BCUT2D eigenvalue weighted by Gasteiger charge is -2.32. The van der Waals surface area contributed by atoms with Crippen LogP contribution in [0.1, 0.15) is 39.2 Å². The van der Waals surface area contributed by atoms with Gasteiger partial charge in [-0.3, -0.25) is 0 Å². The Kier molecular flexibility index (Phi) is 5.39. The van der Waals surface area contributed by atoms with Crippen LogP contribution in [-0.4, -0.2) is 29.7 Å². The Morgan fingerprint density at radius 2 is 1.78 bits per heavy atom. The lowest BCUT2D eigenvalue weighted by molar-refractivity contribution is 0.0197. The predicted molar refractivity (Wildman–Crippen MR) is 85.9 cm³/mol. The molecule has 0 atom stereocenters. The minimum atomic E-state index is -0.563. The van der Waals surface area contributed by atoms with Gasteiger partial charge in [-0.05, 0) is 51.7 Å². The fraction of sp³-hybridized carbons (Fsp3) is 0.500. The van der Waals surface area contributed by atoms with Gasteiger partial charge in [0.15, 0.2) is 0 Å². The number of hydrogen-bond donors (Lipinski definition) is 0. The van der Waals surface area contributed by atoms with E-state index < -0.39 is 17.2 Å². The monoisotopic (exact) mass is 323 g/mol. The van der Waals surface area contributed by atoms with Gasteiger partial charge in [0, 0.05) is 18.7 Å². The number of halogens is 2. The topological polar surface area (TPSA) is 29.5 Å². The highest BCUT2D eigenvalue weighted by Gasteiger charge is 2.25. The summed E-state index contributed by atoms with van der Waals surface area (Å²) in [6.07, 6.45) is 4.53. The average molecular weight is 323 g/mol. The Morgan fingerprint density at radius 3 is 2.30 bits per heavy atom. The summed E-state index contributed by atoms with van der Waals surface area (Å²) >= 11 is 0. The fourth-order valence-electron chi connectivity index (χ4n) is 2.50. The Labute approximate surface area is 135 Å². The minimum Gasteiger partial charge on any atom is -0.444 e. The summed E-state index contributed by atoms with van der Waals surface area (Å²) in [6, 6.07) is 3.84. The smallest absolute Gasteiger partial charge is 0.410 e. The lowest BCUT2D eigenvalue weighted by atomic mass is 9.95. The molecule has 2 rings (SSSR count). The third kappa shape index (κ3) is 5.05. The molecule has 0 aromatic heterocycles. The van der Waals surface area contributed by atoms with Crippen LogP contribution in [0.5, 0.6) is 0 Å². The molecule has 1 aliphatic heterocycles. The molecule has 1 aliphatic rings. The van der Waals surface area contributed by atoms with E-state index in [1.54, 1.807) is 4.90 Å². The van der Waals surface area contributed by atoms with Crippen molar-refractivity contribution >= 4 is 12.2 Å². The molecule has 0 unspecified atom stereocenters. The van der Waals surface area contributed by atoms with E-state index in [9.17, 15) is 13.6 Å². The summed E-state index contributed by atoms with van der Waals surface area (Å²) < 4.78 is 32.5. The first-order valence-electron chi connectivity index (χ1n) is 7.86. The van der Waals surface area contributed by atoms with Gasteiger partial charge in [0.2, 0.25) is 0 Å². The van der Waals surface area contributed by atoms with Crippen molar-refractivity contribution in [3.8, 4) is 0 Å². The Morgan fingerprint density at radius 1 is 1.22 bits per heavy atom. The summed E-state index contributed by atoms with van der Waals surface area (Å²) in [5.41, 5.74) is -0.516. The molecule has 0 radical (unpaired) electrons. The van der Waals surface area contributed by atoms with Gasteiger partial charge in [-0.1, -0.05) is 18.2 Å². The molecule has 126 valence electrons. The van der Waals surface area contributed by atoms with Gasteiger partial charge in [0.05, 0.1) is 0 Å². The van der Waals surface area contributed by atoms with Crippen LogP contribution in [-0.2, 0) is 4.74 Å². The number of likely N-dealkylation sites (tertiary alicyclic amines) is 1. The zero-order valence-corrected chi connectivity index (χ0v) is 13.8. The zero-order valence-electron chi connectivity index (χ0n) is 13.8. The average Bonchev–Trinajstić information content (AvgIpc) is 2.45. The molecular weight excluding hydrogens is 300 g/mol. The lowest BCUT2D eigenvalue weighted by Crippen LogP contribution is -2.41. The Balaban J connectivity index is 1.90. The van der Waals surface area contributed by atoms with E-state index in [0.717, 1.165) is 12.8 Å². The summed E-state index contributed by atoms with van der Waals surface area (Å²) in [4.78, 5) is 13.7. The summed E-state index contributed by atoms with van der Waals surface area (Å²) in [6.45, 7) is 6.68. The van der Waals surface area contributed by atoms with Crippen molar-refractivity contribution in [1.29, 1.82) is 0 Å². The maximum absolute atomic E-state index is 13.6. The number of nitrogens with zero attached hydrogens (tertiary/aromatic N) is 1. The number of carbonyl (C=O) groups is 1. The van der Waals surface area contributed by atoms with Crippen LogP contribution in [0.2, 0.25) is 0 Å². The highest BCUT2D eigenvalue weighted by molar-refractivity contribution is 5.68. The first-order chi connectivity index (χ1) is 10.8. The molecule has 1 saturated heterocycles. The minimum absolute atomic E-state index is 0.0120. The van der Waals surface area contributed by atoms with E-state index in [1.165, 1.54) is 24.3 Å². The SMILES string of the molecule is CC(C)(C)OC(=O)N1CCC(/C=C/c2c(F)cccc2F)CC1. The first kappa shape index (κ1) is 17.4. The summed E-state index contributed by atoms with van der Waals surface area (Å²) in [5.74, 6) is -0.924. The van der Waals surface area contributed by atoms with Crippen LogP contribution >= 0.6 is 0 Å². The molecule has 1 aromatic rings. The Bertz CT molecular complexity index is 565. The number of rotatable bonds is 2. The van der Waals surface area contributed by atoms with Crippen LogP contribution < -0.4 is 0 Å². The summed E-state index contributed by atoms with van der Waals surface area (Å²) in [5, 5.41) is 0. The number of amides is 1. The highest BCUT2D eigenvalue weighted by atomic mass is 19.1. The zero-order chi connectivity index (χ0) is 17.0. The molecule has 5 heteroatoms. The number of piperidine rings is 1. The third-order valence-electron chi connectivity index (χ3n) is 3.73. The van der Waals surface area contributed by atoms with Gasteiger partial charge in [-0.2, -0.15) is 0 Å². The molecule has 1 amide bonds. The predicted octanol–water partition coefficient (Wildman–Crippen LogP) is 4.63. The van der Waals surface area contributed by atoms with E-state index in [-0.39, 0.29) is 17.6 Å². The van der Waals surface area contributed by atoms with E-state index in [0.29, 0.717) is 13.1 Å². The normalized spacial score (nSPS) is 16.8. The highest BCUT2D eigenvalue weighted by Crippen LogP contribution is 2.22. The molecule has 0 saturated carbocycles.